The molecule has 90 valence electrons. The van der Waals surface area contributed by atoms with E-state index in [1.807, 2.05) is 43.3 Å². The van der Waals surface area contributed by atoms with E-state index < -0.39 is 0 Å². The largest absolute Gasteiger partial charge is 0.494 e. The molecule has 0 N–H and O–H groups in total. The van der Waals surface area contributed by atoms with Crippen LogP contribution in [-0.4, -0.2) is 22.1 Å². The van der Waals surface area contributed by atoms with E-state index in [4.69, 9.17) is 4.74 Å². The molecule has 4 heteroatoms. The zero-order valence-electron chi connectivity index (χ0n) is 10.3. The monoisotopic (exact) mass is 239 g/mol. The molecule has 0 radical (unpaired) electrons. The highest BCUT2D eigenvalue weighted by Crippen LogP contribution is 2.24. The van der Waals surface area contributed by atoms with Crippen LogP contribution in [0.15, 0.2) is 42.5 Å². The summed E-state index contributed by atoms with van der Waals surface area (Å²) in [5.41, 5.74) is 3.94. The van der Waals surface area contributed by atoms with Gasteiger partial charge in [0.2, 0.25) is 0 Å². The number of aryl methyl sites for hydroxylation is 1. The molecule has 0 saturated heterocycles. The smallest absolute Gasteiger partial charge is 0.144 e. The molecule has 0 fully saturated rings. The van der Waals surface area contributed by atoms with Crippen molar-refractivity contribution in [1.82, 2.24) is 15.0 Å². The van der Waals surface area contributed by atoms with Crippen LogP contribution in [0, 0.1) is 6.92 Å². The summed E-state index contributed by atoms with van der Waals surface area (Å²) in [5.74, 6) is 0.782. The summed E-state index contributed by atoms with van der Waals surface area (Å²) in [6, 6.07) is 13.9. The van der Waals surface area contributed by atoms with Gasteiger partial charge in [0.15, 0.2) is 0 Å². The van der Waals surface area contributed by atoms with Gasteiger partial charge < -0.3 is 4.74 Å². The Morgan fingerprint density at radius 2 is 1.94 bits per heavy atom. The van der Waals surface area contributed by atoms with Gasteiger partial charge in [-0.25, -0.2) is 4.68 Å². The number of hydrogen-bond donors (Lipinski definition) is 0. The minimum absolute atomic E-state index is 0.782. The van der Waals surface area contributed by atoms with E-state index in [-0.39, 0.29) is 0 Å². The molecule has 0 bridgehead atoms. The summed E-state index contributed by atoms with van der Waals surface area (Å²) in [6.07, 6.45) is 0. The Hall–Kier alpha value is -2.36. The Morgan fingerprint density at radius 3 is 2.78 bits per heavy atom. The highest BCUT2D eigenvalue weighted by Gasteiger charge is 2.10. The van der Waals surface area contributed by atoms with Crippen molar-refractivity contribution in [1.29, 1.82) is 0 Å². The number of fused-ring (bicyclic) bond motifs is 1. The van der Waals surface area contributed by atoms with Gasteiger partial charge in [-0.05, 0) is 36.8 Å². The van der Waals surface area contributed by atoms with Gasteiger partial charge >= 0.3 is 0 Å². The summed E-state index contributed by atoms with van der Waals surface area (Å²) in [6.45, 7) is 2.04. The van der Waals surface area contributed by atoms with E-state index in [9.17, 15) is 0 Å². The maximum Gasteiger partial charge on any atom is 0.144 e. The second kappa shape index (κ2) is 4.14. The molecule has 0 aliphatic rings. The molecule has 18 heavy (non-hydrogen) atoms. The number of hydrogen-bond acceptors (Lipinski definition) is 3. The molecule has 0 saturated carbocycles. The summed E-state index contributed by atoms with van der Waals surface area (Å²) in [5, 5.41) is 8.39. The second-order valence-corrected chi connectivity index (χ2v) is 4.17. The fraction of sp³-hybridized carbons (Fsp3) is 0.143. The Bertz CT molecular complexity index is 703. The van der Waals surface area contributed by atoms with Gasteiger partial charge in [0.25, 0.3) is 0 Å². The van der Waals surface area contributed by atoms with Crippen LogP contribution in [0.2, 0.25) is 0 Å². The quantitative estimate of drug-likeness (QED) is 0.690. The summed E-state index contributed by atoms with van der Waals surface area (Å²) < 4.78 is 7.15. The van der Waals surface area contributed by atoms with Crippen LogP contribution < -0.4 is 4.74 Å². The number of ether oxygens (including phenoxy) is 1. The first-order valence-electron chi connectivity index (χ1n) is 5.75. The van der Waals surface area contributed by atoms with Crippen molar-refractivity contribution in [2.75, 3.05) is 7.11 Å². The van der Waals surface area contributed by atoms with Crippen molar-refractivity contribution in [2.24, 2.45) is 0 Å². The lowest BCUT2D eigenvalue weighted by Crippen LogP contribution is -1.99. The highest BCUT2D eigenvalue weighted by atomic mass is 16.5. The molecule has 0 atom stereocenters. The van der Waals surface area contributed by atoms with E-state index in [1.54, 1.807) is 11.8 Å². The zero-order valence-corrected chi connectivity index (χ0v) is 10.3. The third-order valence-corrected chi connectivity index (χ3v) is 2.91. The molecule has 4 nitrogen and oxygen atoms in total. The van der Waals surface area contributed by atoms with Crippen LogP contribution in [0.5, 0.6) is 5.75 Å². The SMILES string of the molecule is COc1ccccc1-n1nnc2cc(C)ccc21. The molecule has 3 aromatic rings. The van der Waals surface area contributed by atoms with Crippen LogP contribution in [0.4, 0.5) is 0 Å². The summed E-state index contributed by atoms with van der Waals surface area (Å²) in [7, 11) is 1.65. The molecule has 2 aromatic carbocycles. The van der Waals surface area contributed by atoms with Crippen LogP contribution in [0.3, 0.4) is 0 Å². The number of benzene rings is 2. The molecular formula is C14H13N3O. The van der Waals surface area contributed by atoms with Crippen molar-refractivity contribution < 1.29 is 4.74 Å². The van der Waals surface area contributed by atoms with Crippen molar-refractivity contribution in [3.05, 3.63) is 48.0 Å². The Kier molecular flexibility index (Phi) is 2.48. The number of rotatable bonds is 2. The second-order valence-electron chi connectivity index (χ2n) is 4.17. The van der Waals surface area contributed by atoms with Gasteiger partial charge in [-0.1, -0.05) is 23.4 Å². The summed E-state index contributed by atoms with van der Waals surface area (Å²) >= 11 is 0. The van der Waals surface area contributed by atoms with Crippen LogP contribution >= 0.6 is 0 Å². The van der Waals surface area contributed by atoms with Gasteiger partial charge in [0, 0.05) is 0 Å². The van der Waals surface area contributed by atoms with Gasteiger partial charge in [0.05, 0.1) is 12.6 Å². The predicted molar refractivity (Wildman–Crippen MR) is 70.2 cm³/mol. The van der Waals surface area contributed by atoms with Gasteiger partial charge in [-0.15, -0.1) is 5.10 Å². The minimum Gasteiger partial charge on any atom is -0.494 e. The number of nitrogens with zero attached hydrogens (tertiary/aromatic N) is 3. The first kappa shape index (κ1) is 10.8. The molecule has 0 spiro atoms. The molecule has 0 amide bonds. The maximum absolute atomic E-state index is 5.35. The number of methoxy groups -OCH3 is 1. The standard InChI is InChI=1S/C14H13N3O/c1-10-7-8-12-11(9-10)15-16-17(12)13-5-3-4-6-14(13)18-2/h3-9H,1-2H3. The highest BCUT2D eigenvalue weighted by molar-refractivity contribution is 5.77. The molecule has 1 aromatic heterocycles. The Labute approximate surface area is 105 Å². The van der Waals surface area contributed by atoms with Crippen molar-refractivity contribution in [3.63, 3.8) is 0 Å². The van der Waals surface area contributed by atoms with Gasteiger partial charge in [0.1, 0.15) is 17.0 Å². The van der Waals surface area contributed by atoms with Crippen molar-refractivity contribution in [2.45, 2.75) is 6.92 Å². The first-order chi connectivity index (χ1) is 8.79. The summed E-state index contributed by atoms with van der Waals surface area (Å²) in [4.78, 5) is 0. The number of para-hydroxylation sites is 2. The van der Waals surface area contributed by atoms with E-state index in [0.29, 0.717) is 0 Å². The number of aromatic nitrogens is 3. The van der Waals surface area contributed by atoms with Crippen LogP contribution in [0.1, 0.15) is 5.56 Å². The van der Waals surface area contributed by atoms with E-state index in [0.717, 1.165) is 22.5 Å². The molecule has 1 heterocycles. The topological polar surface area (TPSA) is 39.9 Å². The molecule has 0 aliphatic heterocycles. The van der Waals surface area contributed by atoms with Gasteiger partial charge in [-0.2, -0.15) is 0 Å². The Morgan fingerprint density at radius 1 is 1.11 bits per heavy atom. The molecular weight excluding hydrogens is 226 g/mol. The molecule has 3 rings (SSSR count). The fourth-order valence-electron chi connectivity index (χ4n) is 2.02. The minimum atomic E-state index is 0.782. The maximum atomic E-state index is 5.35. The van der Waals surface area contributed by atoms with Crippen LogP contribution in [-0.2, 0) is 0 Å². The Balaban J connectivity index is 2.26. The lowest BCUT2D eigenvalue weighted by molar-refractivity contribution is 0.412. The van der Waals surface area contributed by atoms with Crippen molar-refractivity contribution in [3.8, 4) is 11.4 Å². The van der Waals surface area contributed by atoms with E-state index in [1.165, 1.54) is 5.56 Å². The lowest BCUT2D eigenvalue weighted by Gasteiger charge is -2.07. The van der Waals surface area contributed by atoms with E-state index >= 15 is 0 Å². The van der Waals surface area contributed by atoms with Gasteiger partial charge in [-0.3, -0.25) is 0 Å². The lowest BCUT2D eigenvalue weighted by atomic mass is 10.2. The fourth-order valence-corrected chi connectivity index (χ4v) is 2.02. The van der Waals surface area contributed by atoms with Crippen LogP contribution in [0.25, 0.3) is 16.7 Å². The third-order valence-electron chi connectivity index (χ3n) is 2.91. The van der Waals surface area contributed by atoms with Crippen molar-refractivity contribution >= 4 is 11.0 Å². The first-order valence-corrected chi connectivity index (χ1v) is 5.75. The van der Waals surface area contributed by atoms with E-state index in [2.05, 4.69) is 16.4 Å². The normalized spacial score (nSPS) is 10.8. The average molecular weight is 239 g/mol. The average Bonchev–Trinajstić information content (AvgIpc) is 2.81. The third kappa shape index (κ3) is 1.62. The predicted octanol–water partition coefficient (Wildman–Crippen LogP) is 2.74. The molecule has 0 unspecified atom stereocenters. The zero-order chi connectivity index (χ0) is 12.5. The molecule has 0 aliphatic carbocycles.